The van der Waals surface area contributed by atoms with Gasteiger partial charge in [0.1, 0.15) is 12.6 Å². The highest BCUT2D eigenvalue weighted by atomic mass is 127. The highest BCUT2D eigenvalue weighted by molar-refractivity contribution is 14.1. The molecule has 0 spiro atoms. The molecule has 4 rings (SSSR count). The van der Waals surface area contributed by atoms with Crippen LogP contribution in [0.25, 0.3) is 10.9 Å². The lowest BCUT2D eigenvalue weighted by Gasteiger charge is -2.20. The number of amides is 4. The molecule has 278 valence electrons. The molecule has 0 bridgehead atoms. The summed E-state index contributed by atoms with van der Waals surface area (Å²) in [5, 5.41) is 11.6. The molecule has 1 heterocycles. The average Bonchev–Trinajstić information content (AvgIpc) is 3.17. The fourth-order valence-electron chi connectivity index (χ4n) is 5.34. The lowest BCUT2D eigenvalue weighted by molar-refractivity contribution is -0.146. The number of methoxy groups -OCH3 is 1. The van der Waals surface area contributed by atoms with Gasteiger partial charge in [-0.2, -0.15) is 0 Å². The Bertz CT molecular complexity index is 1870. The molecule has 0 radical (unpaired) electrons. The summed E-state index contributed by atoms with van der Waals surface area (Å²) in [5.74, 6) is -3.28. The SMILES string of the molecule is COC(=O)[C@H](COC(=O)c1ccc(I)cc1)NC(=O)CNC(=O)[C@H](Cc1ccccc1)NC(=O)CCCCCCC(=O)Nc1cccc2cccnc12. The maximum absolute atomic E-state index is 13.2. The second kappa shape index (κ2) is 21.2. The molecule has 0 saturated carbocycles. The third-order valence-corrected chi connectivity index (χ3v) is 8.82. The van der Waals surface area contributed by atoms with Gasteiger partial charge in [-0.1, -0.05) is 61.4 Å². The summed E-state index contributed by atoms with van der Waals surface area (Å²) >= 11 is 2.10. The molecule has 0 fully saturated rings. The quantitative estimate of drug-likeness (QED) is 0.0602. The Balaban J connectivity index is 1.21. The molecular formula is C39H42IN5O8. The van der Waals surface area contributed by atoms with E-state index in [2.05, 4.69) is 48.8 Å². The smallest absolute Gasteiger partial charge is 0.338 e. The molecule has 1 aromatic heterocycles. The highest BCUT2D eigenvalue weighted by Gasteiger charge is 2.26. The summed E-state index contributed by atoms with van der Waals surface area (Å²) in [6.07, 6.45) is 5.05. The minimum Gasteiger partial charge on any atom is -0.467 e. The van der Waals surface area contributed by atoms with Crippen molar-refractivity contribution in [3.05, 3.63) is 106 Å². The number of anilines is 1. The number of halogens is 1. The van der Waals surface area contributed by atoms with Gasteiger partial charge < -0.3 is 30.7 Å². The molecule has 0 unspecified atom stereocenters. The van der Waals surface area contributed by atoms with Gasteiger partial charge in [0.2, 0.25) is 23.6 Å². The van der Waals surface area contributed by atoms with Crippen molar-refractivity contribution in [1.29, 1.82) is 0 Å². The van der Waals surface area contributed by atoms with Gasteiger partial charge in [0.15, 0.2) is 6.04 Å². The van der Waals surface area contributed by atoms with Crippen molar-refractivity contribution in [2.75, 3.05) is 25.6 Å². The molecule has 3 aromatic carbocycles. The van der Waals surface area contributed by atoms with E-state index in [1.54, 1.807) is 30.5 Å². The number of nitrogens with one attached hydrogen (secondary N) is 4. The first-order valence-corrected chi connectivity index (χ1v) is 18.2. The molecule has 4 aromatic rings. The van der Waals surface area contributed by atoms with Crippen molar-refractivity contribution >= 4 is 74.7 Å². The van der Waals surface area contributed by atoms with Gasteiger partial charge in [-0.25, -0.2) is 9.59 Å². The summed E-state index contributed by atoms with van der Waals surface area (Å²) in [6.45, 7) is -0.997. The number of unbranched alkanes of at least 4 members (excludes halogenated alkanes) is 3. The number of hydrogen-bond donors (Lipinski definition) is 4. The van der Waals surface area contributed by atoms with Crippen LogP contribution in [0.4, 0.5) is 5.69 Å². The van der Waals surface area contributed by atoms with Crippen molar-refractivity contribution in [2.45, 2.75) is 57.0 Å². The first kappa shape index (κ1) is 40.4. The maximum atomic E-state index is 13.2. The number of carbonyl (C=O) groups is 6. The normalized spacial score (nSPS) is 11.8. The predicted molar refractivity (Wildman–Crippen MR) is 207 cm³/mol. The third kappa shape index (κ3) is 13.6. The fraction of sp³-hybridized carbons (Fsp3) is 0.308. The number of aromatic nitrogens is 1. The van der Waals surface area contributed by atoms with E-state index < -0.39 is 49.0 Å². The summed E-state index contributed by atoms with van der Waals surface area (Å²) in [4.78, 5) is 80.5. The second-order valence-corrected chi connectivity index (χ2v) is 13.4. The Morgan fingerprint density at radius 3 is 2.13 bits per heavy atom. The molecule has 0 saturated heterocycles. The van der Waals surface area contributed by atoms with Gasteiger partial charge in [0.05, 0.1) is 30.4 Å². The van der Waals surface area contributed by atoms with Crippen molar-refractivity contribution in [3.63, 3.8) is 0 Å². The Morgan fingerprint density at radius 1 is 0.736 bits per heavy atom. The van der Waals surface area contributed by atoms with E-state index in [4.69, 9.17) is 9.47 Å². The minimum absolute atomic E-state index is 0.105. The molecule has 4 amide bonds. The van der Waals surface area contributed by atoms with Crippen LogP contribution in [-0.4, -0.2) is 72.9 Å². The number of nitrogens with zero attached hydrogens (tertiary/aromatic N) is 1. The molecule has 4 N–H and O–H groups in total. The van der Waals surface area contributed by atoms with Crippen LogP contribution >= 0.6 is 22.6 Å². The van der Waals surface area contributed by atoms with Crippen LogP contribution < -0.4 is 21.3 Å². The molecule has 53 heavy (non-hydrogen) atoms. The lowest BCUT2D eigenvalue weighted by atomic mass is 10.0. The monoisotopic (exact) mass is 835 g/mol. The zero-order valence-corrected chi connectivity index (χ0v) is 31.4. The van der Waals surface area contributed by atoms with Crippen LogP contribution in [0.2, 0.25) is 0 Å². The third-order valence-electron chi connectivity index (χ3n) is 8.10. The summed E-state index contributed by atoms with van der Waals surface area (Å²) < 4.78 is 10.9. The second-order valence-electron chi connectivity index (χ2n) is 12.1. The van der Waals surface area contributed by atoms with Crippen LogP contribution in [0.15, 0.2) is 91.1 Å². The number of hydrogen-bond acceptors (Lipinski definition) is 9. The standard InChI is InChI=1S/C39H42IN5O8/c1-52-39(51)32(25-53-38(50)28-18-20-29(40)21-19-28)45-35(48)24-42-37(49)31(23-26-11-5-4-6-12-26)44-34(47)17-8-3-2-7-16-33(46)43-30-15-9-13-27-14-10-22-41-36(27)30/h4-6,9-15,18-22,31-32H,2-3,7-8,16-17,23-25H2,1H3,(H,42,49)(H,43,46)(H,44,47)(H,45,48)/t31-,32-/m0/s1. The molecular weight excluding hydrogens is 793 g/mol. The molecule has 2 atom stereocenters. The largest absolute Gasteiger partial charge is 0.467 e. The van der Waals surface area contributed by atoms with E-state index in [1.807, 2.05) is 60.7 Å². The maximum Gasteiger partial charge on any atom is 0.338 e. The number of esters is 2. The average molecular weight is 836 g/mol. The fourth-order valence-corrected chi connectivity index (χ4v) is 5.70. The number of benzene rings is 3. The number of carbonyl (C=O) groups excluding carboxylic acids is 6. The number of ether oxygens (including phenoxy) is 2. The van der Waals surface area contributed by atoms with Crippen LogP contribution in [0.5, 0.6) is 0 Å². The summed E-state index contributed by atoms with van der Waals surface area (Å²) in [7, 11) is 1.13. The molecule has 0 aliphatic carbocycles. The topological polar surface area (TPSA) is 182 Å². The minimum atomic E-state index is -1.31. The van der Waals surface area contributed by atoms with Gasteiger partial charge in [-0.15, -0.1) is 0 Å². The number of rotatable bonds is 19. The van der Waals surface area contributed by atoms with E-state index in [0.29, 0.717) is 31.4 Å². The van der Waals surface area contributed by atoms with Crippen molar-refractivity contribution < 1.29 is 38.2 Å². The number of fused-ring (bicyclic) bond motifs is 1. The lowest BCUT2D eigenvalue weighted by Crippen LogP contribution is -2.52. The first-order chi connectivity index (χ1) is 25.6. The van der Waals surface area contributed by atoms with Gasteiger partial charge in [0, 0.05) is 34.4 Å². The van der Waals surface area contributed by atoms with Gasteiger partial charge in [-0.3, -0.25) is 24.2 Å². The zero-order chi connectivity index (χ0) is 38.0. The Hall–Kier alpha value is -5.38. The van der Waals surface area contributed by atoms with Gasteiger partial charge in [0.25, 0.3) is 0 Å². The van der Waals surface area contributed by atoms with Crippen LogP contribution in [-0.2, 0) is 39.9 Å². The Morgan fingerprint density at radius 2 is 1.42 bits per heavy atom. The van der Waals surface area contributed by atoms with Crippen molar-refractivity contribution in [3.8, 4) is 0 Å². The van der Waals surface area contributed by atoms with E-state index in [-0.39, 0.29) is 30.2 Å². The Labute approximate surface area is 321 Å². The van der Waals surface area contributed by atoms with E-state index in [9.17, 15) is 28.8 Å². The van der Waals surface area contributed by atoms with Crippen LogP contribution in [0.3, 0.4) is 0 Å². The zero-order valence-electron chi connectivity index (χ0n) is 29.3. The molecule has 14 heteroatoms. The summed E-state index contributed by atoms with van der Waals surface area (Å²) in [6, 6.07) is 22.8. The molecule has 0 aliphatic heterocycles. The number of para-hydroxylation sites is 1. The van der Waals surface area contributed by atoms with Crippen molar-refractivity contribution in [2.24, 2.45) is 0 Å². The van der Waals surface area contributed by atoms with E-state index >= 15 is 0 Å². The molecule has 13 nitrogen and oxygen atoms in total. The van der Waals surface area contributed by atoms with Crippen molar-refractivity contribution in [1.82, 2.24) is 20.9 Å². The predicted octanol–water partition coefficient (Wildman–Crippen LogP) is 4.48. The Kier molecular flexibility index (Phi) is 16.2. The highest BCUT2D eigenvalue weighted by Crippen LogP contribution is 2.21. The van der Waals surface area contributed by atoms with Crippen LogP contribution in [0, 0.1) is 3.57 Å². The van der Waals surface area contributed by atoms with Gasteiger partial charge >= 0.3 is 11.9 Å². The van der Waals surface area contributed by atoms with E-state index in [1.165, 1.54) is 0 Å². The molecule has 0 aliphatic rings. The van der Waals surface area contributed by atoms with Gasteiger partial charge in [-0.05, 0) is 77.4 Å². The van der Waals surface area contributed by atoms with Crippen LogP contribution in [0.1, 0.15) is 54.4 Å². The number of pyridine rings is 1. The van der Waals surface area contributed by atoms with E-state index in [0.717, 1.165) is 33.6 Å². The summed E-state index contributed by atoms with van der Waals surface area (Å²) in [5.41, 5.74) is 2.48. The first-order valence-electron chi connectivity index (χ1n) is 17.2.